The van der Waals surface area contributed by atoms with Crippen molar-refractivity contribution >= 4 is 23.2 Å². The minimum Gasteiger partial charge on any atom is -0.504 e. The Morgan fingerprint density at radius 3 is 2.29 bits per heavy atom. The van der Waals surface area contributed by atoms with Crippen molar-refractivity contribution in [3.05, 3.63) is 51.8 Å². The fourth-order valence-corrected chi connectivity index (χ4v) is 3.56. The van der Waals surface area contributed by atoms with Gasteiger partial charge in [-0.2, -0.15) is 0 Å². The lowest BCUT2D eigenvalue weighted by Crippen LogP contribution is -2.31. The predicted molar refractivity (Wildman–Crippen MR) is 125 cm³/mol. The van der Waals surface area contributed by atoms with E-state index < -0.39 is 17.8 Å². The molecule has 0 aromatic heterocycles. The third-order valence-electron chi connectivity index (χ3n) is 5.23. The van der Waals surface area contributed by atoms with Crippen molar-refractivity contribution in [2.75, 3.05) is 5.32 Å². The molecule has 2 rings (SSSR count). The maximum atomic E-state index is 14.2. The first-order chi connectivity index (χ1) is 14.2. The second kappa shape index (κ2) is 9.07. The van der Waals surface area contributed by atoms with Crippen molar-refractivity contribution in [2.45, 2.75) is 78.7 Å². The number of phenolic OH excluding ortho intramolecular Hbond substituents is 1. The molecule has 0 spiro atoms. The molecule has 0 bridgehead atoms. The highest BCUT2D eigenvalue weighted by Crippen LogP contribution is 2.38. The number of aromatic hydroxyl groups is 1. The van der Waals surface area contributed by atoms with Gasteiger partial charge in [0, 0.05) is 11.6 Å². The standard InChI is InChI=1S/C25H33ClFNO3/c1-9-16-18(27)13-19(22(29)21(16)26)28-23(30)14(2)31-20-11-10-15(24(3,4)5)12-17(20)25(6,7)8/h10-14,29H,9H2,1-8H3,(H,28,30). The molecule has 6 heteroatoms. The minimum atomic E-state index is -0.881. The molecule has 170 valence electrons. The highest BCUT2D eigenvalue weighted by Gasteiger charge is 2.26. The Labute approximate surface area is 189 Å². The van der Waals surface area contributed by atoms with Crippen LogP contribution < -0.4 is 10.1 Å². The first-order valence-corrected chi connectivity index (χ1v) is 10.9. The van der Waals surface area contributed by atoms with Crippen molar-refractivity contribution in [1.29, 1.82) is 0 Å². The van der Waals surface area contributed by atoms with Gasteiger partial charge in [-0.05, 0) is 41.4 Å². The largest absolute Gasteiger partial charge is 0.504 e. The van der Waals surface area contributed by atoms with E-state index in [0.29, 0.717) is 12.2 Å². The van der Waals surface area contributed by atoms with E-state index in [0.717, 1.165) is 11.6 Å². The maximum Gasteiger partial charge on any atom is 0.265 e. The lowest BCUT2D eigenvalue weighted by atomic mass is 9.80. The van der Waals surface area contributed by atoms with Gasteiger partial charge in [0.1, 0.15) is 11.6 Å². The molecule has 0 saturated carbocycles. The second-order valence-electron chi connectivity index (χ2n) is 9.86. The molecule has 1 unspecified atom stereocenters. The Morgan fingerprint density at radius 1 is 1.16 bits per heavy atom. The Hall–Kier alpha value is -2.27. The third-order valence-corrected chi connectivity index (χ3v) is 5.63. The molecule has 0 aliphatic heterocycles. The van der Waals surface area contributed by atoms with Gasteiger partial charge in [0.05, 0.1) is 10.7 Å². The van der Waals surface area contributed by atoms with E-state index in [2.05, 4.69) is 52.9 Å². The maximum absolute atomic E-state index is 14.2. The Kier molecular flexibility index (Phi) is 7.32. The number of phenols is 1. The van der Waals surface area contributed by atoms with Gasteiger partial charge < -0.3 is 15.2 Å². The number of hydrogen-bond donors (Lipinski definition) is 2. The smallest absolute Gasteiger partial charge is 0.265 e. The number of rotatable bonds is 5. The molecular formula is C25H33ClFNO3. The number of anilines is 1. The summed E-state index contributed by atoms with van der Waals surface area (Å²) in [5.74, 6) is -0.847. The van der Waals surface area contributed by atoms with Gasteiger partial charge in [0.2, 0.25) is 0 Å². The molecule has 0 fully saturated rings. The van der Waals surface area contributed by atoms with E-state index in [-0.39, 0.29) is 32.9 Å². The molecule has 0 saturated heterocycles. The van der Waals surface area contributed by atoms with E-state index in [1.54, 1.807) is 13.8 Å². The normalized spacial score (nSPS) is 13.1. The summed E-state index contributed by atoms with van der Waals surface area (Å²) in [6, 6.07) is 7.07. The van der Waals surface area contributed by atoms with Crippen molar-refractivity contribution < 1.29 is 19.0 Å². The van der Waals surface area contributed by atoms with Crippen LogP contribution in [0.4, 0.5) is 10.1 Å². The SMILES string of the molecule is CCc1c(F)cc(NC(=O)C(C)Oc2ccc(C(C)(C)C)cc2C(C)(C)C)c(O)c1Cl. The fourth-order valence-electron chi connectivity index (χ4n) is 3.23. The average molecular weight is 450 g/mol. The molecule has 1 atom stereocenters. The summed E-state index contributed by atoms with van der Waals surface area (Å²) in [6.45, 7) is 16.0. The Balaban J connectivity index is 2.30. The summed E-state index contributed by atoms with van der Waals surface area (Å²) in [7, 11) is 0. The summed E-state index contributed by atoms with van der Waals surface area (Å²) in [4.78, 5) is 12.7. The van der Waals surface area contributed by atoms with Crippen LogP contribution in [0.25, 0.3) is 0 Å². The zero-order valence-corrected chi connectivity index (χ0v) is 20.4. The fraction of sp³-hybridized carbons (Fsp3) is 0.480. The number of carbonyl (C=O) groups is 1. The van der Waals surface area contributed by atoms with E-state index in [1.807, 2.05) is 12.1 Å². The molecule has 2 aromatic carbocycles. The summed E-state index contributed by atoms with van der Waals surface area (Å²) in [6.07, 6.45) is -0.555. The van der Waals surface area contributed by atoms with Crippen LogP contribution >= 0.6 is 11.6 Å². The second-order valence-corrected chi connectivity index (χ2v) is 10.2. The van der Waals surface area contributed by atoms with Crippen LogP contribution in [-0.2, 0) is 22.0 Å². The van der Waals surface area contributed by atoms with Gasteiger partial charge in [0.15, 0.2) is 11.9 Å². The lowest BCUT2D eigenvalue weighted by molar-refractivity contribution is -0.122. The molecule has 2 aromatic rings. The number of nitrogens with one attached hydrogen (secondary N) is 1. The number of benzene rings is 2. The predicted octanol–water partition coefficient (Wildman–Crippen LogP) is 6.75. The van der Waals surface area contributed by atoms with Crippen LogP contribution in [0.2, 0.25) is 5.02 Å². The summed E-state index contributed by atoms with van der Waals surface area (Å²) >= 11 is 6.05. The van der Waals surface area contributed by atoms with Crippen LogP contribution in [-0.4, -0.2) is 17.1 Å². The van der Waals surface area contributed by atoms with Crippen LogP contribution in [0.5, 0.6) is 11.5 Å². The van der Waals surface area contributed by atoms with Gasteiger partial charge in [-0.25, -0.2) is 4.39 Å². The molecule has 31 heavy (non-hydrogen) atoms. The molecule has 0 radical (unpaired) electrons. The number of hydrogen-bond acceptors (Lipinski definition) is 3. The highest BCUT2D eigenvalue weighted by molar-refractivity contribution is 6.33. The molecule has 0 aliphatic rings. The molecule has 0 aliphatic carbocycles. The lowest BCUT2D eigenvalue weighted by Gasteiger charge is -2.28. The zero-order chi connectivity index (χ0) is 23.7. The molecule has 1 amide bonds. The van der Waals surface area contributed by atoms with E-state index >= 15 is 0 Å². The number of amides is 1. The van der Waals surface area contributed by atoms with Gasteiger partial charge in [-0.1, -0.05) is 72.2 Å². The van der Waals surface area contributed by atoms with Crippen LogP contribution in [0.3, 0.4) is 0 Å². The number of carbonyl (C=O) groups excluding carboxylic acids is 1. The van der Waals surface area contributed by atoms with Gasteiger partial charge in [-0.3, -0.25) is 4.79 Å². The molecule has 2 N–H and O–H groups in total. The van der Waals surface area contributed by atoms with E-state index in [9.17, 15) is 14.3 Å². The van der Waals surface area contributed by atoms with E-state index in [4.69, 9.17) is 16.3 Å². The Bertz CT molecular complexity index is 974. The van der Waals surface area contributed by atoms with E-state index in [1.165, 1.54) is 5.56 Å². The first kappa shape index (κ1) is 25.0. The van der Waals surface area contributed by atoms with Gasteiger partial charge in [0.25, 0.3) is 5.91 Å². The van der Waals surface area contributed by atoms with Gasteiger partial charge >= 0.3 is 0 Å². The minimum absolute atomic E-state index is 0.0208. The summed E-state index contributed by atoms with van der Waals surface area (Å²) in [5, 5.41) is 12.7. The highest BCUT2D eigenvalue weighted by atomic mass is 35.5. The zero-order valence-electron chi connectivity index (χ0n) is 19.6. The third kappa shape index (κ3) is 5.70. The summed E-state index contributed by atoms with van der Waals surface area (Å²) < 4.78 is 20.2. The number of ether oxygens (including phenoxy) is 1. The average Bonchev–Trinajstić information content (AvgIpc) is 2.64. The quantitative estimate of drug-likeness (QED) is 0.496. The molecule has 4 nitrogen and oxygen atoms in total. The van der Waals surface area contributed by atoms with Crippen LogP contribution in [0, 0.1) is 5.82 Å². The van der Waals surface area contributed by atoms with Crippen molar-refractivity contribution in [2.24, 2.45) is 0 Å². The van der Waals surface area contributed by atoms with Crippen molar-refractivity contribution in [3.63, 3.8) is 0 Å². The van der Waals surface area contributed by atoms with Gasteiger partial charge in [-0.15, -0.1) is 0 Å². The van der Waals surface area contributed by atoms with Crippen molar-refractivity contribution in [1.82, 2.24) is 0 Å². The molecule has 0 heterocycles. The van der Waals surface area contributed by atoms with Crippen LogP contribution in [0.1, 0.15) is 72.1 Å². The first-order valence-electron chi connectivity index (χ1n) is 10.5. The topological polar surface area (TPSA) is 58.6 Å². The number of halogens is 2. The summed E-state index contributed by atoms with van der Waals surface area (Å²) in [5.41, 5.74) is 2.07. The van der Waals surface area contributed by atoms with Crippen LogP contribution in [0.15, 0.2) is 24.3 Å². The Morgan fingerprint density at radius 2 is 1.77 bits per heavy atom. The molecular weight excluding hydrogens is 417 g/mol. The monoisotopic (exact) mass is 449 g/mol. The van der Waals surface area contributed by atoms with Crippen molar-refractivity contribution in [3.8, 4) is 11.5 Å².